The Morgan fingerprint density at radius 2 is 0.966 bits per heavy atom. The van der Waals surface area contributed by atoms with Crippen LogP contribution >= 0.6 is 7.82 Å². The third kappa shape index (κ3) is 42.8. The molecule has 0 heterocycles. The number of rotatable bonds is 40. The van der Waals surface area contributed by atoms with E-state index in [0.29, 0.717) is 19.3 Å². The van der Waals surface area contributed by atoms with Crippen LogP contribution in [0.1, 0.15) is 155 Å². The first kappa shape index (κ1) is 55.9. The van der Waals surface area contributed by atoms with E-state index < -0.39 is 51.8 Å². The molecule has 11 heteroatoms. The summed E-state index contributed by atoms with van der Waals surface area (Å²) in [5.74, 6) is -1.08. The minimum Gasteiger partial charge on any atom is -0.462 e. The van der Waals surface area contributed by atoms with E-state index in [-0.39, 0.29) is 19.4 Å². The molecule has 0 saturated carbocycles. The van der Waals surface area contributed by atoms with Gasteiger partial charge in [-0.15, -0.1) is 0 Å². The molecule has 0 bridgehead atoms. The van der Waals surface area contributed by atoms with Crippen molar-refractivity contribution in [2.45, 2.75) is 167 Å². The molecule has 0 aromatic carbocycles. The van der Waals surface area contributed by atoms with Gasteiger partial charge in [-0.1, -0.05) is 162 Å². The van der Waals surface area contributed by atoms with Crippen LogP contribution in [0.4, 0.5) is 0 Å². The molecular weight excluding hydrogens is 767 g/mol. The zero-order valence-corrected chi connectivity index (χ0v) is 37.3. The van der Waals surface area contributed by atoms with Crippen LogP contribution in [0.25, 0.3) is 0 Å². The number of carbonyl (C=O) groups excluding carboxylic acids is 2. The second kappa shape index (κ2) is 43.0. The zero-order chi connectivity index (χ0) is 43.3. The minimum absolute atomic E-state index is 0.0991. The van der Waals surface area contributed by atoms with Crippen molar-refractivity contribution >= 4 is 19.8 Å². The summed E-state index contributed by atoms with van der Waals surface area (Å²) in [6.45, 7) is 2.12. The molecule has 10 nitrogen and oxygen atoms in total. The molecule has 336 valence electrons. The van der Waals surface area contributed by atoms with Crippen LogP contribution in [0.3, 0.4) is 0 Å². The molecule has 3 atom stereocenters. The van der Waals surface area contributed by atoms with Gasteiger partial charge in [0.15, 0.2) is 6.10 Å². The predicted molar refractivity (Wildman–Crippen MR) is 242 cm³/mol. The summed E-state index contributed by atoms with van der Waals surface area (Å²) in [6, 6.07) is 0. The quantitative estimate of drug-likeness (QED) is 0.0235. The Hall–Kier alpha value is -3.11. The van der Waals surface area contributed by atoms with Crippen molar-refractivity contribution in [3.8, 4) is 0 Å². The monoisotopic (exact) mass is 847 g/mol. The molecule has 0 saturated heterocycles. The molecule has 0 radical (unpaired) electrons. The molecule has 0 rings (SSSR count). The molecule has 1 unspecified atom stereocenters. The van der Waals surface area contributed by atoms with Gasteiger partial charge in [-0.2, -0.15) is 0 Å². The van der Waals surface area contributed by atoms with Crippen molar-refractivity contribution in [3.05, 3.63) is 97.2 Å². The Kier molecular flexibility index (Phi) is 40.7. The third-order valence-electron chi connectivity index (χ3n) is 8.74. The normalized spacial score (nSPS) is 14.7. The fourth-order valence-electron chi connectivity index (χ4n) is 5.35. The number of aliphatic hydroxyl groups excluding tert-OH is 2. The summed E-state index contributed by atoms with van der Waals surface area (Å²) < 4.78 is 32.6. The van der Waals surface area contributed by atoms with Crippen LogP contribution < -0.4 is 0 Å². The molecule has 59 heavy (non-hydrogen) atoms. The van der Waals surface area contributed by atoms with E-state index in [2.05, 4.69) is 97.4 Å². The fourth-order valence-corrected chi connectivity index (χ4v) is 6.14. The van der Waals surface area contributed by atoms with Crippen LogP contribution in [0.15, 0.2) is 97.2 Å². The molecule has 0 aliphatic carbocycles. The Morgan fingerprint density at radius 3 is 1.47 bits per heavy atom. The summed E-state index contributed by atoms with van der Waals surface area (Å²) in [5, 5.41) is 18.3. The summed E-state index contributed by atoms with van der Waals surface area (Å²) in [6.07, 6.45) is 52.5. The summed E-state index contributed by atoms with van der Waals surface area (Å²) in [7, 11) is -4.65. The first-order valence-corrected chi connectivity index (χ1v) is 23.7. The van der Waals surface area contributed by atoms with Crippen molar-refractivity contribution in [3.63, 3.8) is 0 Å². The lowest BCUT2D eigenvalue weighted by Crippen LogP contribution is -2.29. The van der Waals surface area contributed by atoms with E-state index >= 15 is 0 Å². The molecular formula is C48H79O10P. The first-order valence-electron chi connectivity index (χ1n) is 22.2. The number of phosphoric acid groups is 1. The molecule has 0 spiro atoms. The van der Waals surface area contributed by atoms with Gasteiger partial charge in [0.25, 0.3) is 0 Å². The Balaban J connectivity index is 4.49. The maximum Gasteiger partial charge on any atom is 0.472 e. The number of unbranched alkanes of at least 4 members (excludes halogenated alkanes) is 10. The van der Waals surface area contributed by atoms with Crippen LogP contribution in [0, 0.1) is 0 Å². The zero-order valence-electron chi connectivity index (χ0n) is 36.4. The summed E-state index contributed by atoms with van der Waals surface area (Å²) >= 11 is 0. The number of aliphatic hydroxyl groups is 2. The van der Waals surface area contributed by atoms with Crippen LogP contribution in [-0.2, 0) is 32.7 Å². The van der Waals surface area contributed by atoms with E-state index in [1.54, 1.807) is 0 Å². The number of phosphoric ester groups is 1. The smallest absolute Gasteiger partial charge is 0.462 e. The van der Waals surface area contributed by atoms with E-state index in [0.717, 1.165) is 51.4 Å². The van der Waals surface area contributed by atoms with Crippen molar-refractivity contribution in [1.29, 1.82) is 0 Å². The topological polar surface area (TPSA) is 149 Å². The third-order valence-corrected chi connectivity index (χ3v) is 9.69. The van der Waals surface area contributed by atoms with Gasteiger partial charge in [-0.25, -0.2) is 4.57 Å². The van der Waals surface area contributed by atoms with Crippen LogP contribution in [0.5, 0.6) is 0 Å². The van der Waals surface area contributed by atoms with Gasteiger partial charge >= 0.3 is 19.8 Å². The van der Waals surface area contributed by atoms with Crippen molar-refractivity contribution in [1.82, 2.24) is 0 Å². The van der Waals surface area contributed by atoms with E-state index in [1.807, 2.05) is 18.2 Å². The second-order valence-electron chi connectivity index (χ2n) is 14.3. The first-order chi connectivity index (χ1) is 28.7. The minimum atomic E-state index is -4.65. The number of carbonyl (C=O) groups is 2. The number of esters is 2. The number of hydrogen-bond acceptors (Lipinski definition) is 9. The molecule has 0 aliphatic rings. The average molecular weight is 847 g/mol. The highest BCUT2D eigenvalue weighted by Crippen LogP contribution is 2.43. The summed E-state index contributed by atoms with van der Waals surface area (Å²) in [5.41, 5.74) is 0. The number of ether oxygens (including phenoxy) is 2. The SMILES string of the molecule is CC/C=C/C/C=C/C/C=C/C/C=C/C/C=C/C/C=C/CCC(=O)OC[C@H](COP(=O)(O)OC[C@@H](O)CO)OC(=O)CCC/C=C/C/C=C/CCCCCCCCCCC. The second-order valence-corrected chi connectivity index (χ2v) is 15.8. The van der Waals surface area contributed by atoms with Gasteiger partial charge in [-0.05, 0) is 77.0 Å². The Bertz CT molecular complexity index is 1300. The van der Waals surface area contributed by atoms with Gasteiger partial charge < -0.3 is 24.6 Å². The number of hydrogen-bond donors (Lipinski definition) is 3. The van der Waals surface area contributed by atoms with Gasteiger partial charge in [0.2, 0.25) is 0 Å². The van der Waals surface area contributed by atoms with E-state index in [1.165, 1.54) is 57.8 Å². The molecule has 0 amide bonds. The largest absolute Gasteiger partial charge is 0.472 e. The van der Waals surface area contributed by atoms with Crippen molar-refractivity contribution in [2.24, 2.45) is 0 Å². The lowest BCUT2D eigenvalue weighted by atomic mass is 10.1. The standard InChI is InChI=1S/C48H79O10P/c1-3-5-7-9-11-13-15-17-19-21-22-24-25-27-29-31-33-35-37-39-47(51)55-43-46(44-57-59(53,54)56-42-45(50)41-49)58-48(52)40-38-36-34-32-30-28-26-23-20-18-16-14-12-10-8-6-4-2/h5,7,11,13,17,19,22,24,26-29,32-35,45-46,49-50H,3-4,6,8-10,12,14-16,18,20-21,23,25,30-31,36-44H2,1-2H3,(H,53,54)/b7-5+,13-11+,19-17+,24-22+,28-26+,29-27+,34-32+,35-33+/t45-,46+/m0/s1. The van der Waals surface area contributed by atoms with Crippen molar-refractivity contribution in [2.75, 3.05) is 26.4 Å². The Labute approximate surface area is 357 Å². The van der Waals surface area contributed by atoms with E-state index in [4.69, 9.17) is 19.1 Å². The van der Waals surface area contributed by atoms with Gasteiger partial charge in [0, 0.05) is 12.8 Å². The van der Waals surface area contributed by atoms with Crippen molar-refractivity contribution < 1.29 is 47.8 Å². The highest BCUT2D eigenvalue weighted by atomic mass is 31.2. The lowest BCUT2D eigenvalue weighted by Gasteiger charge is -2.20. The number of allylic oxidation sites excluding steroid dienone is 16. The Morgan fingerprint density at radius 1 is 0.525 bits per heavy atom. The van der Waals surface area contributed by atoms with Crippen LogP contribution in [0.2, 0.25) is 0 Å². The molecule has 3 N–H and O–H groups in total. The molecule has 0 fully saturated rings. The molecule has 0 aliphatic heterocycles. The summed E-state index contributed by atoms with van der Waals surface area (Å²) in [4.78, 5) is 35.0. The average Bonchev–Trinajstić information content (AvgIpc) is 3.22. The van der Waals surface area contributed by atoms with E-state index in [9.17, 15) is 24.2 Å². The highest BCUT2D eigenvalue weighted by molar-refractivity contribution is 7.47. The predicted octanol–water partition coefficient (Wildman–Crippen LogP) is 12.0. The molecule has 0 aromatic rings. The van der Waals surface area contributed by atoms with Gasteiger partial charge in [-0.3, -0.25) is 18.6 Å². The molecule has 0 aromatic heterocycles. The lowest BCUT2D eigenvalue weighted by molar-refractivity contribution is -0.161. The highest BCUT2D eigenvalue weighted by Gasteiger charge is 2.27. The van der Waals surface area contributed by atoms with Gasteiger partial charge in [0.05, 0.1) is 19.8 Å². The fraction of sp³-hybridized carbons (Fsp3) is 0.625. The van der Waals surface area contributed by atoms with Gasteiger partial charge in [0.1, 0.15) is 12.7 Å². The maximum absolute atomic E-state index is 12.6. The maximum atomic E-state index is 12.6. The van der Waals surface area contributed by atoms with Crippen LogP contribution in [-0.4, -0.2) is 65.7 Å².